The Labute approximate surface area is 204 Å². The van der Waals surface area contributed by atoms with E-state index < -0.39 is 0 Å². The van der Waals surface area contributed by atoms with Crippen LogP contribution in [0.15, 0.2) is 23.5 Å². The van der Waals surface area contributed by atoms with Crippen molar-refractivity contribution in [1.29, 1.82) is 0 Å². The van der Waals surface area contributed by atoms with Gasteiger partial charge >= 0.3 is 0 Å². The van der Waals surface area contributed by atoms with Gasteiger partial charge in [-0.05, 0) is 32.3 Å². The average Bonchev–Trinajstić information content (AvgIpc) is 2.79. The molecular weight excluding hydrogens is 505 g/mol. The van der Waals surface area contributed by atoms with Gasteiger partial charge in [0, 0.05) is 76.8 Å². The normalized spacial score (nSPS) is 23.6. The highest BCUT2D eigenvalue weighted by Gasteiger charge is 2.53. The number of hydrogen-bond acceptors (Lipinski definition) is 6. The molecule has 3 rings (SSSR count). The van der Waals surface area contributed by atoms with Crippen LogP contribution in [-0.2, 0) is 4.74 Å². The van der Waals surface area contributed by atoms with Crippen molar-refractivity contribution in [1.82, 2.24) is 25.5 Å². The Morgan fingerprint density at radius 1 is 1.16 bits per heavy atom. The van der Waals surface area contributed by atoms with Gasteiger partial charge in [-0.3, -0.25) is 9.89 Å². The van der Waals surface area contributed by atoms with Gasteiger partial charge in [-0.1, -0.05) is 13.8 Å². The molecule has 9 heteroatoms. The minimum Gasteiger partial charge on any atom is -0.378 e. The van der Waals surface area contributed by atoms with Crippen molar-refractivity contribution in [2.24, 2.45) is 10.4 Å². The first-order chi connectivity index (χ1) is 14.7. The van der Waals surface area contributed by atoms with Crippen LogP contribution in [0.5, 0.6) is 0 Å². The molecule has 1 aromatic heterocycles. The second-order valence-corrected chi connectivity index (χ2v) is 8.19. The number of nitrogens with zero attached hydrogens (tertiary/aromatic N) is 5. The van der Waals surface area contributed by atoms with Gasteiger partial charge in [0.05, 0.1) is 6.10 Å². The van der Waals surface area contributed by atoms with Crippen molar-refractivity contribution < 1.29 is 4.74 Å². The quantitative estimate of drug-likeness (QED) is 0.280. The number of piperazine rings is 1. The van der Waals surface area contributed by atoms with Crippen LogP contribution in [0.4, 0.5) is 5.95 Å². The number of nitrogens with one attached hydrogen (secondary N) is 2. The van der Waals surface area contributed by atoms with E-state index in [1.165, 1.54) is 0 Å². The lowest BCUT2D eigenvalue weighted by atomic mass is 9.58. The lowest BCUT2D eigenvalue weighted by molar-refractivity contribution is -0.133. The SMILES string of the molecule is CCOC1CC(NC(=NC)NCCN2CCN(c3ncccn3)CC2)C1(CC)CC.I. The Bertz CT molecular complexity index is 663. The maximum Gasteiger partial charge on any atom is 0.225 e. The van der Waals surface area contributed by atoms with Crippen LogP contribution in [0.1, 0.15) is 40.0 Å². The monoisotopic (exact) mass is 545 g/mol. The highest BCUT2D eigenvalue weighted by molar-refractivity contribution is 14.0. The topological polar surface area (TPSA) is 77.9 Å². The Kier molecular flexibility index (Phi) is 10.7. The molecule has 31 heavy (non-hydrogen) atoms. The standard InChI is InChI=1S/C22H39N7O.HI/c1-5-22(6-2)18(17-19(22)30-7-3)27-20(23-4)24-11-12-28-13-15-29(16-14-28)21-25-9-8-10-26-21;/h8-10,18-19H,5-7,11-17H2,1-4H3,(H2,23,24,27);1H. The molecule has 1 saturated heterocycles. The number of guanidine groups is 1. The van der Waals surface area contributed by atoms with Crippen LogP contribution in [0.2, 0.25) is 0 Å². The lowest BCUT2D eigenvalue weighted by Crippen LogP contribution is -2.65. The van der Waals surface area contributed by atoms with Crippen LogP contribution in [0, 0.1) is 5.41 Å². The van der Waals surface area contributed by atoms with Gasteiger partial charge in [0.1, 0.15) is 0 Å². The maximum absolute atomic E-state index is 6.00. The molecule has 2 atom stereocenters. The summed E-state index contributed by atoms with van der Waals surface area (Å²) in [6.45, 7) is 13.3. The first-order valence-corrected chi connectivity index (χ1v) is 11.5. The molecule has 1 aliphatic heterocycles. The smallest absolute Gasteiger partial charge is 0.225 e. The van der Waals surface area contributed by atoms with E-state index in [9.17, 15) is 0 Å². The number of ether oxygens (including phenoxy) is 1. The lowest BCUT2D eigenvalue weighted by Gasteiger charge is -2.55. The molecule has 2 heterocycles. The van der Waals surface area contributed by atoms with Gasteiger partial charge in [0.15, 0.2) is 5.96 Å². The highest BCUT2D eigenvalue weighted by atomic mass is 127. The molecule has 0 spiro atoms. The summed E-state index contributed by atoms with van der Waals surface area (Å²) < 4.78 is 6.00. The maximum atomic E-state index is 6.00. The van der Waals surface area contributed by atoms with E-state index in [2.05, 4.69) is 56.2 Å². The number of hydrogen-bond donors (Lipinski definition) is 2. The van der Waals surface area contributed by atoms with Crippen molar-refractivity contribution in [3.05, 3.63) is 18.5 Å². The first kappa shape index (κ1) is 26.1. The van der Waals surface area contributed by atoms with E-state index in [0.29, 0.717) is 12.1 Å². The molecule has 0 bridgehead atoms. The summed E-state index contributed by atoms with van der Waals surface area (Å²) in [4.78, 5) is 17.9. The number of halogens is 1. The minimum atomic E-state index is 0. The summed E-state index contributed by atoms with van der Waals surface area (Å²) >= 11 is 0. The molecule has 1 aromatic rings. The van der Waals surface area contributed by atoms with Crippen LogP contribution >= 0.6 is 24.0 Å². The molecule has 0 amide bonds. The van der Waals surface area contributed by atoms with Gasteiger partial charge in [0.25, 0.3) is 0 Å². The summed E-state index contributed by atoms with van der Waals surface area (Å²) in [6, 6.07) is 2.28. The molecule has 2 fully saturated rings. The second-order valence-electron chi connectivity index (χ2n) is 8.19. The molecule has 2 unspecified atom stereocenters. The number of anilines is 1. The largest absolute Gasteiger partial charge is 0.378 e. The first-order valence-electron chi connectivity index (χ1n) is 11.5. The van der Waals surface area contributed by atoms with Crippen molar-refractivity contribution in [3.8, 4) is 0 Å². The van der Waals surface area contributed by atoms with Crippen molar-refractivity contribution in [2.75, 3.05) is 57.8 Å². The van der Waals surface area contributed by atoms with Crippen molar-refractivity contribution in [3.63, 3.8) is 0 Å². The van der Waals surface area contributed by atoms with Gasteiger partial charge in [-0.15, -0.1) is 24.0 Å². The fourth-order valence-electron chi connectivity index (χ4n) is 4.90. The third kappa shape index (κ3) is 6.19. The van der Waals surface area contributed by atoms with E-state index >= 15 is 0 Å². The number of rotatable bonds is 9. The number of aromatic nitrogens is 2. The van der Waals surface area contributed by atoms with E-state index in [0.717, 1.165) is 77.0 Å². The van der Waals surface area contributed by atoms with Crippen LogP contribution in [0.3, 0.4) is 0 Å². The third-order valence-electron chi connectivity index (χ3n) is 6.93. The Hall–Kier alpha value is -1.20. The minimum absolute atomic E-state index is 0. The summed E-state index contributed by atoms with van der Waals surface area (Å²) in [7, 11) is 1.85. The van der Waals surface area contributed by atoms with Gasteiger partial charge in [-0.25, -0.2) is 9.97 Å². The Morgan fingerprint density at radius 3 is 2.42 bits per heavy atom. The van der Waals surface area contributed by atoms with Gasteiger partial charge in [-0.2, -0.15) is 0 Å². The molecular formula is C22H40IN7O. The third-order valence-corrected chi connectivity index (χ3v) is 6.93. The van der Waals surface area contributed by atoms with Crippen molar-refractivity contribution >= 4 is 35.9 Å². The fraction of sp³-hybridized carbons (Fsp3) is 0.773. The predicted octanol–water partition coefficient (Wildman–Crippen LogP) is 2.37. The molecule has 2 N–H and O–H groups in total. The Balaban J connectivity index is 0.00000341. The zero-order valence-electron chi connectivity index (χ0n) is 19.5. The van der Waals surface area contributed by atoms with Crippen LogP contribution in [0.25, 0.3) is 0 Å². The highest BCUT2D eigenvalue weighted by Crippen LogP contribution is 2.48. The molecule has 1 aliphatic carbocycles. The second kappa shape index (κ2) is 12.7. The Morgan fingerprint density at radius 2 is 1.84 bits per heavy atom. The summed E-state index contributed by atoms with van der Waals surface area (Å²) in [5, 5.41) is 7.18. The summed E-state index contributed by atoms with van der Waals surface area (Å²) in [6.07, 6.45) is 7.28. The molecule has 176 valence electrons. The van der Waals surface area contributed by atoms with Crippen LogP contribution in [-0.4, -0.2) is 85.9 Å². The molecule has 8 nitrogen and oxygen atoms in total. The van der Waals surface area contributed by atoms with Crippen molar-refractivity contribution in [2.45, 2.75) is 52.2 Å². The molecule has 0 aromatic carbocycles. The summed E-state index contributed by atoms with van der Waals surface area (Å²) in [5.41, 5.74) is 0.212. The fourth-order valence-corrected chi connectivity index (χ4v) is 4.90. The van der Waals surface area contributed by atoms with Gasteiger partial charge < -0.3 is 20.3 Å². The summed E-state index contributed by atoms with van der Waals surface area (Å²) in [5.74, 6) is 1.73. The zero-order chi connectivity index (χ0) is 21.4. The molecule has 0 radical (unpaired) electrons. The molecule has 1 saturated carbocycles. The average molecular weight is 546 g/mol. The van der Waals surface area contributed by atoms with E-state index in [-0.39, 0.29) is 29.4 Å². The zero-order valence-corrected chi connectivity index (χ0v) is 21.8. The molecule has 2 aliphatic rings. The number of aliphatic imine (C=N–C) groups is 1. The van der Waals surface area contributed by atoms with E-state index in [4.69, 9.17) is 4.74 Å². The van der Waals surface area contributed by atoms with Crippen LogP contribution < -0.4 is 15.5 Å². The van der Waals surface area contributed by atoms with E-state index in [1.807, 2.05) is 25.5 Å². The van der Waals surface area contributed by atoms with Gasteiger partial charge in [0.2, 0.25) is 5.95 Å². The predicted molar refractivity (Wildman–Crippen MR) is 137 cm³/mol. The van der Waals surface area contributed by atoms with E-state index in [1.54, 1.807) is 0 Å².